The molecule has 0 aliphatic carbocycles. The number of likely N-dealkylation sites (tertiary alicyclic amines) is 1. The normalized spacial score (nSPS) is 17.6. The first-order valence-corrected chi connectivity index (χ1v) is 10.4. The van der Waals surface area contributed by atoms with Gasteiger partial charge in [-0.25, -0.2) is 0 Å². The van der Waals surface area contributed by atoms with Crippen LogP contribution in [0, 0.1) is 0 Å². The van der Waals surface area contributed by atoms with Crippen LogP contribution in [0.4, 0.5) is 0 Å². The van der Waals surface area contributed by atoms with E-state index >= 15 is 0 Å². The molecule has 2 heterocycles. The van der Waals surface area contributed by atoms with Crippen LogP contribution >= 0.6 is 23.2 Å². The highest BCUT2D eigenvalue weighted by molar-refractivity contribution is 6.46. The molecule has 4 rings (SSSR count). The third-order valence-electron chi connectivity index (χ3n) is 5.24. The number of hydrogen-bond donors (Lipinski definition) is 1. The van der Waals surface area contributed by atoms with E-state index in [-0.39, 0.29) is 22.9 Å². The van der Waals surface area contributed by atoms with Crippen molar-refractivity contribution in [3.05, 3.63) is 99.3 Å². The molecule has 1 aromatic heterocycles. The van der Waals surface area contributed by atoms with Crippen LogP contribution in [0.5, 0.6) is 5.75 Å². The number of hydrogen-bond acceptors (Lipinski definition) is 5. The summed E-state index contributed by atoms with van der Waals surface area (Å²) in [5.74, 6) is -1.19. The summed E-state index contributed by atoms with van der Waals surface area (Å²) in [5.41, 5.74) is 1.65. The van der Waals surface area contributed by atoms with E-state index in [1.54, 1.807) is 60.9 Å². The third kappa shape index (κ3) is 4.07. The number of carbonyl (C=O) groups is 2. The molecule has 1 N–H and O–H groups in total. The van der Waals surface area contributed by atoms with Crippen molar-refractivity contribution in [2.75, 3.05) is 7.11 Å². The Kier molecular flexibility index (Phi) is 6.17. The molecule has 1 amide bonds. The number of ketones is 1. The molecule has 0 bridgehead atoms. The van der Waals surface area contributed by atoms with Gasteiger partial charge in [0.1, 0.15) is 11.5 Å². The molecule has 162 valence electrons. The molecule has 1 unspecified atom stereocenters. The lowest BCUT2D eigenvalue weighted by atomic mass is 9.95. The molecule has 1 saturated heterocycles. The standard InChI is InChI=1S/C24H18Cl2N2O4/c1-32-17-7-4-15(5-8-17)22(29)20-21(16-6-9-18(25)19(26)11-16)28(24(31)23(20)30)13-14-3-2-10-27-12-14/h2-12,21,29H,13H2,1H3/b22-20+. The predicted molar refractivity (Wildman–Crippen MR) is 122 cm³/mol. The SMILES string of the molecule is COc1ccc(/C(O)=C2\C(=O)C(=O)N(Cc3cccnc3)C2c2ccc(Cl)c(Cl)c2)cc1. The second-order valence-corrected chi connectivity index (χ2v) is 8.00. The van der Waals surface area contributed by atoms with Crippen molar-refractivity contribution in [2.24, 2.45) is 0 Å². The fourth-order valence-electron chi connectivity index (χ4n) is 3.66. The number of aliphatic hydroxyl groups excluding tert-OH is 1. The number of aliphatic hydroxyl groups is 1. The molecule has 32 heavy (non-hydrogen) atoms. The number of aromatic nitrogens is 1. The first kappa shape index (κ1) is 21.9. The Bertz CT molecular complexity index is 1210. The molecule has 3 aromatic rings. The van der Waals surface area contributed by atoms with Crippen molar-refractivity contribution < 1.29 is 19.4 Å². The maximum absolute atomic E-state index is 13.1. The Hall–Kier alpha value is -3.35. The molecule has 1 fully saturated rings. The number of halogens is 2. The Balaban J connectivity index is 1.86. The molecule has 1 atom stereocenters. The summed E-state index contributed by atoms with van der Waals surface area (Å²) in [7, 11) is 1.53. The van der Waals surface area contributed by atoms with Crippen LogP contribution in [0.25, 0.3) is 5.76 Å². The van der Waals surface area contributed by atoms with Gasteiger partial charge >= 0.3 is 0 Å². The minimum absolute atomic E-state index is 0.0255. The van der Waals surface area contributed by atoms with Crippen LogP contribution in [0.15, 0.2) is 72.6 Å². The van der Waals surface area contributed by atoms with Crippen LogP contribution in [0.3, 0.4) is 0 Å². The molecule has 1 aliphatic heterocycles. The van der Waals surface area contributed by atoms with Crippen molar-refractivity contribution in [1.82, 2.24) is 9.88 Å². The molecular formula is C24H18Cl2N2O4. The van der Waals surface area contributed by atoms with Gasteiger partial charge in [0, 0.05) is 24.5 Å². The number of Topliss-reactive ketones (excluding diaryl/α,β-unsaturated/α-hetero) is 1. The van der Waals surface area contributed by atoms with Gasteiger partial charge in [0.25, 0.3) is 11.7 Å². The Labute approximate surface area is 194 Å². The number of carbonyl (C=O) groups excluding carboxylic acids is 2. The lowest BCUT2D eigenvalue weighted by molar-refractivity contribution is -0.140. The van der Waals surface area contributed by atoms with E-state index in [2.05, 4.69) is 4.98 Å². The van der Waals surface area contributed by atoms with Crippen LogP contribution in [0.2, 0.25) is 10.0 Å². The largest absolute Gasteiger partial charge is 0.507 e. The molecule has 0 saturated carbocycles. The van der Waals surface area contributed by atoms with Crippen molar-refractivity contribution in [3.63, 3.8) is 0 Å². The van der Waals surface area contributed by atoms with Crippen molar-refractivity contribution >= 4 is 40.7 Å². The van der Waals surface area contributed by atoms with Gasteiger partial charge in [-0.05, 0) is 53.6 Å². The second-order valence-electron chi connectivity index (χ2n) is 7.19. The first-order chi connectivity index (χ1) is 15.4. The zero-order valence-electron chi connectivity index (χ0n) is 17.0. The van der Waals surface area contributed by atoms with Gasteiger partial charge in [-0.3, -0.25) is 14.6 Å². The summed E-state index contributed by atoms with van der Waals surface area (Å²) < 4.78 is 5.15. The van der Waals surface area contributed by atoms with Crippen molar-refractivity contribution in [1.29, 1.82) is 0 Å². The van der Waals surface area contributed by atoms with Crippen LogP contribution in [0.1, 0.15) is 22.7 Å². The molecule has 0 radical (unpaired) electrons. The monoisotopic (exact) mass is 468 g/mol. The summed E-state index contributed by atoms with van der Waals surface area (Å²) >= 11 is 12.3. The number of rotatable bonds is 5. The van der Waals surface area contributed by atoms with E-state index in [4.69, 9.17) is 27.9 Å². The van der Waals surface area contributed by atoms with Gasteiger partial charge < -0.3 is 14.7 Å². The zero-order valence-corrected chi connectivity index (χ0v) is 18.5. The first-order valence-electron chi connectivity index (χ1n) is 9.67. The molecular weight excluding hydrogens is 451 g/mol. The minimum Gasteiger partial charge on any atom is -0.507 e. The van der Waals surface area contributed by atoms with Crippen LogP contribution in [-0.2, 0) is 16.1 Å². The fraction of sp³-hybridized carbons (Fsp3) is 0.125. The average Bonchev–Trinajstić information content (AvgIpc) is 3.06. The summed E-state index contributed by atoms with van der Waals surface area (Å²) in [4.78, 5) is 31.6. The highest BCUT2D eigenvalue weighted by Crippen LogP contribution is 2.41. The van der Waals surface area contributed by atoms with E-state index in [1.165, 1.54) is 12.0 Å². The van der Waals surface area contributed by atoms with E-state index < -0.39 is 17.7 Å². The van der Waals surface area contributed by atoms with Crippen LogP contribution in [-0.4, -0.2) is 33.8 Å². The smallest absolute Gasteiger partial charge is 0.295 e. The maximum Gasteiger partial charge on any atom is 0.295 e. The Morgan fingerprint density at radius 1 is 1.09 bits per heavy atom. The number of pyridine rings is 1. The highest BCUT2D eigenvalue weighted by Gasteiger charge is 2.46. The average molecular weight is 469 g/mol. The van der Waals surface area contributed by atoms with E-state index in [0.717, 1.165) is 5.56 Å². The van der Waals surface area contributed by atoms with Crippen molar-refractivity contribution in [2.45, 2.75) is 12.6 Å². The van der Waals surface area contributed by atoms with Gasteiger partial charge in [-0.2, -0.15) is 0 Å². The number of amides is 1. The Morgan fingerprint density at radius 3 is 2.47 bits per heavy atom. The minimum atomic E-state index is -0.855. The zero-order chi connectivity index (χ0) is 22.8. The van der Waals surface area contributed by atoms with E-state index in [1.807, 2.05) is 6.07 Å². The topological polar surface area (TPSA) is 79.7 Å². The second kappa shape index (κ2) is 9.02. The maximum atomic E-state index is 13.1. The Morgan fingerprint density at radius 2 is 1.84 bits per heavy atom. The number of methoxy groups -OCH3 is 1. The molecule has 6 nitrogen and oxygen atoms in total. The van der Waals surface area contributed by atoms with Gasteiger partial charge in [-0.1, -0.05) is 35.3 Å². The molecule has 2 aromatic carbocycles. The van der Waals surface area contributed by atoms with Gasteiger partial charge in [0.15, 0.2) is 0 Å². The van der Waals surface area contributed by atoms with Gasteiger partial charge in [0.05, 0.1) is 28.8 Å². The lowest BCUT2D eigenvalue weighted by Gasteiger charge is -2.25. The summed E-state index contributed by atoms with van der Waals surface area (Å²) in [6.07, 6.45) is 3.24. The number of benzene rings is 2. The van der Waals surface area contributed by atoms with Gasteiger partial charge in [0.2, 0.25) is 0 Å². The number of ether oxygens (including phenoxy) is 1. The fourth-order valence-corrected chi connectivity index (χ4v) is 3.97. The van der Waals surface area contributed by atoms with Crippen molar-refractivity contribution in [3.8, 4) is 5.75 Å². The lowest BCUT2D eigenvalue weighted by Crippen LogP contribution is -2.29. The predicted octanol–water partition coefficient (Wildman–Crippen LogP) is 5.02. The summed E-state index contributed by atoms with van der Waals surface area (Å²) in [6, 6.07) is 14.1. The molecule has 1 aliphatic rings. The number of nitrogens with zero attached hydrogens (tertiary/aromatic N) is 2. The van der Waals surface area contributed by atoms with E-state index in [9.17, 15) is 14.7 Å². The quantitative estimate of drug-likeness (QED) is 0.323. The third-order valence-corrected chi connectivity index (χ3v) is 5.98. The van der Waals surface area contributed by atoms with Crippen LogP contribution < -0.4 is 4.74 Å². The molecule has 0 spiro atoms. The summed E-state index contributed by atoms with van der Waals surface area (Å²) in [5, 5.41) is 11.7. The molecule has 8 heteroatoms. The highest BCUT2D eigenvalue weighted by atomic mass is 35.5. The van der Waals surface area contributed by atoms with E-state index in [0.29, 0.717) is 21.9 Å². The van der Waals surface area contributed by atoms with Gasteiger partial charge in [-0.15, -0.1) is 0 Å². The summed E-state index contributed by atoms with van der Waals surface area (Å²) in [6.45, 7) is 0.128.